The lowest BCUT2D eigenvalue weighted by atomic mass is 10.1. The van der Waals surface area contributed by atoms with E-state index in [0.717, 1.165) is 25.7 Å². The Balaban J connectivity index is 1.94. The number of amides is 1. The van der Waals surface area contributed by atoms with Gasteiger partial charge in [0.15, 0.2) is 0 Å². The zero-order valence-electron chi connectivity index (χ0n) is 14.5. The van der Waals surface area contributed by atoms with Crippen LogP contribution < -0.4 is 4.18 Å². The van der Waals surface area contributed by atoms with Gasteiger partial charge in [0.1, 0.15) is 12.3 Å². The van der Waals surface area contributed by atoms with Crippen LogP contribution in [0.5, 0.6) is 5.75 Å². The first kappa shape index (κ1) is 20.2. The maximum absolute atomic E-state index is 12.6. The van der Waals surface area contributed by atoms with Gasteiger partial charge in [-0.25, -0.2) is 4.18 Å². The molecule has 0 aromatic heterocycles. The highest BCUT2D eigenvalue weighted by Gasteiger charge is 2.32. The average Bonchev–Trinajstić information content (AvgIpc) is 3.11. The first-order chi connectivity index (χ1) is 12.3. The fourth-order valence-electron chi connectivity index (χ4n) is 2.91. The van der Waals surface area contributed by atoms with Gasteiger partial charge in [-0.2, -0.15) is 8.42 Å². The van der Waals surface area contributed by atoms with E-state index in [2.05, 4.69) is 0 Å². The van der Waals surface area contributed by atoms with E-state index >= 15 is 0 Å². The molecule has 9 heteroatoms. The van der Waals surface area contributed by atoms with Crippen LogP contribution >= 0.6 is 0 Å². The third-order valence-corrected chi connectivity index (χ3v) is 5.00. The van der Waals surface area contributed by atoms with Crippen molar-refractivity contribution in [3.63, 3.8) is 0 Å². The lowest BCUT2D eigenvalue weighted by molar-refractivity contribution is -0.148. The van der Waals surface area contributed by atoms with Crippen molar-refractivity contribution in [1.82, 2.24) is 4.90 Å². The fraction of sp³-hybridized carbons (Fsp3) is 0.529. The summed E-state index contributed by atoms with van der Waals surface area (Å²) in [4.78, 5) is 25.0. The minimum atomic E-state index is -4.32. The number of hydrogen-bond acceptors (Lipinski definition) is 6. The molecule has 1 N–H and O–H groups in total. The Hall–Kier alpha value is -2.13. The molecule has 1 aromatic rings. The number of nitrogens with zero attached hydrogens (tertiary/aromatic N) is 1. The average molecular weight is 385 g/mol. The molecule has 0 bridgehead atoms. The van der Waals surface area contributed by atoms with Crippen LogP contribution in [0.1, 0.15) is 32.6 Å². The van der Waals surface area contributed by atoms with Gasteiger partial charge in [0.05, 0.1) is 12.5 Å². The van der Waals surface area contributed by atoms with Crippen LogP contribution in [-0.4, -0.2) is 49.5 Å². The summed E-state index contributed by atoms with van der Waals surface area (Å²) in [5.74, 6) is -2.25. The maximum atomic E-state index is 12.6. The number of carbonyl (C=O) groups is 2. The fourth-order valence-corrected chi connectivity index (χ4v) is 3.67. The SMILES string of the molecule is CC(COS(=O)(=O)Oc1ccccc1)C(=O)N(CC(=O)O)C1CCCC1. The van der Waals surface area contributed by atoms with Gasteiger partial charge in [0.25, 0.3) is 0 Å². The predicted molar refractivity (Wildman–Crippen MR) is 92.7 cm³/mol. The van der Waals surface area contributed by atoms with Crippen LogP contribution in [0.15, 0.2) is 30.3 Å². The molecule has 1 atom stereocenters. The number of carbonyl (C=O) groups excluding carboxylic acids is 1. The molecule has 0 saturated heterocycles. The summed E-state index contributed by atoms with van der Waals surface area (Å²) in [5.41, 5.74) is 0. The number of benzene rings is 1. The number of para-hydroxylation sites is 1. The Morgan fingerprint density at radius 3 is 2.42 bits per heavy atom. The Bertz CT molecular complexity index is 714. The highest BCUT2D eigenvalue weighted by atomic mass is 32.3. The normalized spacial score (nSPS) is 16.2. The predicted octanol–water partition coefficient (Wildman–Crippen LogP) is 1.82. The standard InChI is InChI=1S/C17H23NO7S/c1-13(12-24-26(22,23)25-15-9-3-2-4-10-15)17(21)18(11-16(19)20)14-7-5-6-8-14/h2-4,9-10,13-14H,5-8,11-12H2,1H3,(H,19,20). The Morgan fingerprint density at radius 2 is 1.85 bits per heavy atom. The Kier molecular flexibility index (Phi) is 6.98. The van der Waals surface area contributed by atoms with E-state index in [4.69, 9.17) is 13.5 Å². The lowest BCUT2D eigenvalue weighted by Crippen LogP contribution is -2.45. The molecular weight excluding hydrogens is 362 g/mol. The molecule has 1 saturated carbocycles. The molecule has 0 radical (unpaired) electrons. The van der Waals surface area contributed by atoms with Gasteiger partial charge in [0, 0.05) is 6.04 Å². The van der Waals surface area contributed by atoms with Gasteiger partial charge in [-0.1, -0.05) is 38.0 Å². The molecule has 1 fully saturated rings. The van der Waals surface area contributed by atoms with Crippen LogP contribution in [0.25, 0.3) is 0 Å². The van der Waals surface area contributed by atoms with Gasteiger partial charge in [-0.05, 0) is 25.0 Å². The Labute approximate surface area is 153 Å². The van der Waals surface area contributed by atoms with Crippen LogP contribution in [-0.2, 0) is 24.2 Å². The summed E-state index contributed by atoms with van der Waals surface area (Å²) in [6.07, 6.45) is 3.39. The molecule has 1 amide bonds. The van der Waals surface area contributed by atoms with Gasteiger partial charge >= 0.3 is 16.4 Å². The van der Waals surface area contributed by atoms with Gasteiger partial charge < -0.3 is 14.2 Å². The summed E-state index contributed by atoms with van der Waals surface area (Å²) >= 11 is 0. The van der Waals surface area contributed by atoms with Gasteiger partial charge in [0.2, 0.25) is 5.91 Å². The summed E-state index contributed by atoms with van der Waals surface area (Å²) in [6.45, 7) is 0.683. The topological polar surface area (TPSA) is 110 Å². The van der Waals surface area contributed by atoms with Crippen molar-refractivity contribution in [1.29, 1.82) is 0 Å². The quantitative estimate of drug-likeness (QED) is 0.690. The zero-order valence-corrected chi connectivity index (χ0v) is 15.4. The third-order valence-electron chi connectivity index (χ3n) is 4.18. The summed E-state index contributed by atoms with van der Waals surface area (Å²) in [7, 11) is -4.32. The monoisotopic (exact) mass is 385 g/mol. The minimum absolute atomic E-state index is 0.102. The molecule has 1 aliphatic rings. The molecule has 0 aliphatic heterocycles. The lowest BCUT2D eigenvalue weighted by Gasteiger charge is -2.29. The smallest absolute Gasteiger partial charge is 0.449 e. The number of aliphatic carboxylic acids is 1. The molecule has 26 heavy (non-hydrogen) atoms. The zero-order chi connectivity index (χ0) is 19.2. The molecule has 2 rings (SSSR count). The van der Waals surface area contributed by atoms with Crippen molar-refractivity contribution >= 4 is 22.3 Å². The van der Waals surface area contributed by atoms with E-state index in [0.29, 0.717) is 0 Å². The summed E-state index contributed by atoms with van der Waals surface area (Å²) in [5, 5.41) is 9.06. The number of hydrogen-bond donors (Lipinski definition) is 1. The van der Waals surface area contributed by atoms with E-state index in [1.54, 1.807) is 18.2 Å². The molecule has 1 unspecified atom stereocenters. The van der Waals surface area contributed by atoms with Crippen LogP contribution in [0.4, 0.5) is 0 Å². The Morgan fingerprint density at radius 1 is 1.23 bits per heavy atom. The van der Waals surface area contributed by atoms with Crippen molar-refractivity contribution < 1.29 is 31.5 Å². The highest BCUT2D eigenvalue weighted by molar-refractivity contribution is 7.82. The molecule has 0 spiro atoms. The molecule has 0 heterocycles. The van der Waals surface area contributed by atoms with E-state index in [1.165, 1.54) is 24.0 Å². The maximum Gasteiger partial charge on any atom is 0.449 e. The molecule has 8 nitrogen and oxygen atoms in total. The second kappa shape index (κ2) is 9.00. The van der Waals surface area contributed by atoms with Crippen molar-refractivity contribution in [3.05, 3.63) is 30.3 Å². The second-order valence-corrected chi connectivity index (χ2v) is 7.51. The van der Waals surface area contributed by atoms with Gasteiger partial charge in [-0.15, -0.1) is 0 Å². The van der Waals surface area contributed by atoms with Crippen LogP contribution in [0.3, 0.4) is 0 Å². The first-order valence-electron chi connectivity index (χ1n) is 8.44. The summed E-state index contributed by atoms with van der Waals surface area (Å²) < 4.78 is 33.3. The summed E-state index contributed by atoms with van der Waals surface area (Å²) in [6, 6.07) is 7.73. The van der Waals surface area contributed by atoms with Crippen LogP contribution in [0.2, 0.25) is 0 Å². The van der Waals surface area contributed by atoms with E-state index in [1.807, 2.05) is 0 Å². The number of carboxylic acid groups (broad SMARTS) is 1. The van der Waals surface area contributed by atoms with Crippen LogP contribution in [0, 0.1) is 5.92 Å². The third kappa shape index (κ3) is 5.99. The highest BCUT2D eigenvalue weighted by Crippen LogP contribution is 2.25. The second-order valence-electron chi connectivity index (χ2n) is 6.29. The number of rotatable bonds is 9. The van der Waals surface area contributed by atoms with Crippen molar-refractivity contribution in [2.75, 3.05) is 13.2 Å². The first-order valence-corrected chi connectivity index (χ1v) is 9.78. The molecular formula is C17H23NO7S. The van der Waals surface area contributed by atoms with Gasteiger partial charge in [-0.3, -0.25) is 9.59 Å². The van der Waals surface area contributed by atoms with E-state index in [9.17, 15) is 18.0 Å². The molecule has 1 aromatic carbocycles. The van der Waals surface area contributed by atoms with Crippen molar-refractivity contribution in [2.45, 2.75) is 38.6 Å². The van der Waals surface area contributed by atoms with E-state index in [-0.39, 0.29) is 11.8 Å². The molecule has 144 valence electrons. The van der Waals surface area contributed by atoms with E-state index < -0.39 is 41.3 Å². The molecule has 1 aliphatic carbocycles. The number of carboxylic acids is 1. The minimum Gasteiger partial charge on any atom is -0.480 e. The van der Waals surface area contributed by atoms with Crippen molar-refractivity contribution in [3.8, 4) is 5.75 Å². The van der Waals surface area contributed by atoms with Crippen molar-refractivity contribution in [2.24, 2.45) is 5.92 Å². The largest absolute Gasteiger partial charge is 0.480 e.